The molecule has 1 atom stereocenters. The van der Waals surface area contributed by atoms with Crippen LogP contribution < -0.4 is 5.32 Å². The fourth-order valence-electron chi connectivity index (χ4n) is 2.49. The third-order valence-corrected chi connectivity index (χ3v) is 6.17. The Hall–Kier alpha value is -1.13. The highest BCUT2D eigenvalue weighted by Gasteiger charge is 2.30. The number of nitriles is 1. The molecule has 1 aromatic carbocycles. The first-order valence-corrected chi connectivity index (χ1v) is 8.67. The number of hydrogen-bond donors (Lipinski definition) is 1. The predicted molar refractivity (Wildman–Crippen MR) is 81.6 cm³/mol. The number of halogens is 1. The summed E-state index contributed by atoms with van der Waals surface area (Å²) in [6.07, 6.45) is 2.53. The van der Waals surface area contributed by atoms with Gasteiger partial charge in [0, 0.05) is 13.1 Å². The zero-order valence-electron chi connectivity index (χ0n) is 11.8. The van der Waals surface area contributed by atoms with Crippen LogP contribution in [-0.2, 0) is 10.0 Å². The standard InChI is InChI=1S/C14H18ClN3O2S/c1-18(12-3-2-7-17-8-6-12)21(19,20)14-9-11(10-16)4-5-13(14)15/h4-5,9,12,17H,2-3,6-8H2,1H3. The normalized spacial score (nSPS) is 20.0. The molecule has 0 spiro atoms. The van der Waals surface area contributed by atoms with Crippen LogP contribution in [0.2, 0.25) is 5.02 Å². The number of benzene rings is 1. The Morgan fingerprint density at radius 1 is 1.38 bits per heavy atom. The lowest BCUT2D eigenvalue weighted by Gasteiger charge is -2.26. The Kier molecular flexibility index (Phi) is 5.22. The maximum absolute atomic E-state index is 12.7. The zero-order valence-corrected chi connectivity index (χ0v) is 13.4. The van der Waals surface area contributed by atoms with E-state index in [-0.39, 0.29) is 21.5 Å². The van der Waals surface area contributed by atoms with E-state index >= 15 is 0 Å². The fraction of sp³-hybridized carbons (Fsp3) is 0.500. The van der Waals surface area contributed by atoms with Crippen molar-refractivity contribution in [2.45, 2.75) is 30.2 Å². The van der Waals surface area contributed by atoms with Crippen LogP contribution in [0.4, 0.5) is 0 Å². The third-order valence-electron chi connectivity index (χ3n) is 3.78. The van der Waals surface area contributed by atoms with Crippen molar-refractivity contribution in [3.05, 3.63) is 28.8 Å². The summed E-state index contributed by atoms with van der Waals surface area (Å²) in [5.74, 6) is 0. The largest absolute Gasteiger partial charge is 0.317 e. The van der Waals surface area contributed by atoms with Crippen molar-refractivity contribution in [3.8, 4) is 6.07 Å². The Morgan fingerprint density at radius 3 is 2.86 bits per heavy atom. The lowest BCUT2D eigenvalue weighted by molar-refractivity contribution is 0.341. The molecule has 5 nitrogen and oxygen atoms in total. The van der Waals surface area contributed by atoms with Gasteiger partial charge in [-0.2, -0.15) is 9.57 Å². The minimum atomic E-state index is -3.70. The van der Waals surface area contributed by atoms with E-state index in [1.807, 2.05) is 6.07 Å². The third kappa shape index (κ3) is 3.55. The van der Waals surface area contributed by atoms with Crippen molar-refractivity contribution < 1.29 is 8.42 Å². The molecule has 1 saturated heterocycles. The molecule has 1 fully saturated rings. The molecule has 21 heavy (non-hydrogen) atoms. The van der Waals surface area contributed by atoms with Crippen molar-refractivity contribution in [1.82, 2.24) is 9.62 Å². The monoisotopic (exact) mass is 327 g/mol. The molecule has 1 N–H and O–H groups in total. The molecule has 1 heterocycles. The number of rotatable bonds is 3. The molecular formula is C14H18ClN3O2S. The SMILES string of the molecule is CN(C1CCCNCC1)S(=O)(=O)c1cc(C#N)ccc1Cl. The number of nitrogens with one attached hydrogen (secondary N) is 1. The molecule has 0 radical (unpaired) electrons. The summed E-state index contributed by atoms with van der Waals surface area (Å²) >= 11 is 6.03. The van der Waals surface area contributed by atoms with Gasteiger partial charge in [0.15, 0.2) is 0 Å². The van der Waals surface area contributed by atoms with Gasteiger partial charge in [0.25, 0.3) is 0 Å². The van der Waals surface area contributed by atoms with Crippen LogP contribution in [0.1, 0.15) is 24.8 Å². The second-order valence-corrected chi connectivity index (χ2v) is 7.49. The predicted octanol–water partition coefficient (Wildman–Crippen LogP) is 1.97. The average molecular weight is 328 g/mol. The fourth-order valence-corrected chi connectivity index (χ4v) is 4.40. The lowest BCUT2D eigenvalue weighted by atomic mass is 10.1. The summed E-state index contributed by atoms with van der Waals surface area (Å²) in [6.45, 7) is 1.71. The zero-order chi connectivity index (χ0) is 15.5. The first-order chi connectivity index (χ1) is 9.96. The maximum Gasteiger partial charge on any atom is 0.244 e. The molecule has 1 aromatic rings. The van der Waals surface area contributed by atoms with Gasteiger partial charge in [-0.05, 0) is 50.6 Å². The quantitative estimate of drug-likeness (QED) is 0.921. The Morgan fingerprint density at radius 2 is 2.14 bits per heavy atom. The van der Waals surface area contributed by atoms with Crippen molar-refractivity contribution in [1.29, 1.82) is 5.26 Å². The van der Waals surface area contributed by atoms with Crippen LogP contribution in [0.15, 0.2) is 23.1 Å². The van der Waals surface area contributed by atoms with E-state index in [0.717, 1.165) is 32.4 Å². The highest BCUT2D eigenvalue weighted by atomic mass is 35.5. The van der Waals surface area contributed by atoms with Gasteiger partial charge in [-0.3, -0.25) is 0 Å². The smallest absolute Gasteiger partial charge is 0.244 e. The maximum atomic E-state index is 12.7. The molecule has 1 aliphatic rings. The molecule has 0 bridgehead atoms. The first kappa shape index (κ1) is 16.2. The highest BCUT2D eigenvalue weighted by molar-refractivity contribution is 7.89. The second kappa shape index (κ2) is 6.75. The summed E-state index contributed by atoms with van der Waals surface area (Å²) in [4.78, 5) is 0.00271. The van der Waals surface area contributed by atoms with Gasteiger partial charge >= 0.3 is 0 Å². The van der Waals surface area contributed by atoms with Gasteiger partial charge in [-0.1, -0.05) is 11.6 Å². The number of nitrogens with zero attached hydrogens (tertiary/aromatic N) is 2. The average Bonchev–Trinajstić information content (AvgIpc) is 2.75. The van der Waals surface area contributed by atoms with E-state index in [0.29, 0.717) is 0 Å². The van der Waals surface area contributed by atoms with Crippen molar-refractivity contribution in [3.63, 3.8) is 0 Å². The molecule has 114 valence electrons. The molecule has 0 amide bonds. The number of sulfonamides is 1. The summed E-state index contributed by atoms with van der Waals surface area (Å²) < 4.78 is 26.9. The molecule has 7 heteroatoms. The first-order valence-electron chi connectivity index (χ1n) is 6.85. The summed E-state index contributed by atoms with van der Waals surface area (Å²) in [6, 6.07) is 6.20. The van der Waals surface area contributed by atoms with E-state index in [1.54, 1.807) is 7.05 Å². The van der Waals surface area contributed by atoms with E-state index in [1.165, 1.54) is 22.5 Å². The van der Waals surface area contributed by atoms with Crippen molar-refractivity contribution >= 4 is 21.6 Å². The molecule has 1 aliphatic heterocycles. The molecule has 2 rings (SSSR count). The van der Waals surface area contributed by atoms with Crippen molar-refractivity contribution in [2.75, 3.05) is 20.1 Å². The minimum Gasteiger partial charge on any atom is -0.317 e. The number of hydrogen-bond acceptors (Lipinski definition) is 4. The Bertz CT molecular complexity index is 647. The van der Waals surface area contributed by atoms with E-state index in [4.69, 9.17) is 16.9 Å². The van der Waals surface area contributed by atoms with Crippen molar-refractivity contribution in [2.24, 2.45) is 0 Å². The van der Waals surface area contributed by atoms with Crippen LogP contribution in [-0.4, -0.2) is 38.9 Å². The molecule has 0 aliphatic carbocycles. The van der Waals surface area contributed by atoms with Gasteiger partial charge in [-0.15, -0.1) is 0 Å². The Balaban J connectivity index is 2.34. The van der Waals surface area contributed by atoms with Crippen LogP contribution in [0.3, 0.4) is 0 Å². The van der Waals surface area contributed by atoms with Gasteiger partial charge in [0.1, 0.15) is 4.90 Å². The lowest BCUT2D eigenvalue weighted by Crippen LogP contribution is -2.37. The molecule has 1 unspecified atom stereocenters. The molecular weight excluding hydrogens is 310 g/mol. The van der Waals surface area contributed by atoms with Crippen LogP contribution in [0, 0.1) is 11.3 Å². The highest BCUT2D eigenvalue weighted by Crippen LogP contribution is 2.27. The van der Waals surface area contributed by atoms with Crippen LogP contribution >= 0.6 is 11.6 Å². The second-order valence-electron chi connectivity index (χ2n) is 5.11. The van der Waals surface area contributed by atoms with Gasteiger partial charge in [0.2, 0.25) is 10.0 Å². The molecule has 0 saturated carbocycles. The van der Waals surface area contributed by atoms with E-state index < -0.39 is 10.0 Å². The summed E-state index contributed by atoms with van der Waals surface area (Å²) in [5.41, 5.74) is 0.286. The van der Waals surface area contributed by atoms with Gasteiger partial charge < -0.3 is 5.32 Å². The van der Waals surface area contributed by atoms with E-state index in [2.05, 4.69) is 5.32 Å². The molecule has 0 aromatic heterocycles. The Labute approximate surface area is 130 Å². The van der Waals surface area contributed by atoms with Crippen LogP contribution in [0.5, 0.6) is 0 Å². The topological polar surface area (TPSA) is 73.2 Å². The summed E-state index contributed by atoms with van der Waals surface area (Å²) in [5, 5.41) is 12.3. The van der Waals surface area contributed by atoms with E-state index in [9.17, 15) is 8.42 Å². The van der Waals surface area contributed by atoms with Crippen LogP contribution in [0.25, 0.3) is 0 Å². The van der Waals surface area contributed by atoms with Gasteiger partial charge in [-0.25, -0.2) is 8.42 Å². The minimum absolute atomic E-state index is 0.00271. The summed E-state index contributed by atoms with van der Waals surface area (Å²) in [7, 11) is -2.11. The van der Waals surface area contributed by atoms with Gasteiger partial charge in [0.05, 0.1) is 16.7 Å².